The zero-order valence-electron chi connectivity index (χ0n) is 11.3. The Morgan fingerprint density at radius 3 is 2.35 bits per heavy atom. The largest absolute Gasteiger partial charge is 0.480 e. The number of carboxylic acid groups (broad SMARTS) is 1. The average Bonchev–Trinajstić information content (AvgIpc) is 2.35. The van der Waals surface area contributed by atoms with E-state index in [2.05, 4.69) is 10.6 Å². The number of carboxylic acids is 1. The molecule has 0 aliphatic rings. The summed E-state index contributed by atoms with van der Waals surface area (Å²) in [5.41, 5.74) is 1.02. The highest BCUT2D eigenvalue weighted by atomic mass is 35.5. The molecule has 0 heterocycles. The van der Waals surface area contributed by atoms with Crippen molar-refractivity contribution in [3.05, 3.63) is 27.7 Å². The first-order valence-corrected chi connectivity index (χ1v) is 6.74. The molecule has 3 N–H and O–H groups in total. The first-order valence-electron chi connectivity index (χ1n) is 5.99. The Balaban J connectivity index is 2.87. The summed E-state index contributed by atoms with van der Waals surface area (Å²) in [6, 6.07) is 1.68. The standard InChI is InChI=1S/C13H16Cl2N2O3/c1-6(2)10(12(18)19)16-13(20)17-11-8(14)5-4-7(3)9(11)15/h4-6,10H,1-3H3,(H,18,19)(H2,16,17,20)/t10-/m0/s1. The number of hydrogen-bond donors (Lipinski definition) is 3. The predicted molar refractivity (Wildman–Crippen MR) is 79.6 cm³/mol. The Morgan fingerprint density at radius 2 is 1.85 bits per heavy atom. The van der Waals surface area contributed by atoms with Crippen LogP contribution < -0.4 is 10.6 Å². The smallest absolute Gasteiger partial charge is 0.326 e. The number of rotatable bonds is 4. The fourth-order valence-corrected chi connectivity index (χ4v) is 2.04. The average molecular weight is 319 g/mol. The van der Waals surface area contributed by atoms with Crippen LogP contribution in [0.1, 0.15) is 19.4 Å². The quantitative estimate of drug-likeness (QED) is 0.794. The van der Waals surface area contributed by atoms with Gasteiger partial charge in [-0.05, 0) is 24.5 Å². The summed E-state index contributed by atoms with van der Waals surface area (Å²) in [5.74, 6) is -1.35. The van der Waals surface area contributed by atoms with E-state index in [1.54, 1.807) is 32.9 Å². The molecule has 0 saturated heterocycles. The molecule has 0 saturated carbocycles. The van der Waals surface area contributed by atoms with Crippen molar-refractivity contribution in [1.82, 2.24) is 5.32 Å². The fraction of sp³-hybridized carbons (Fsp3) is 0.385. The van der Waals surface area contributed by atoms with Gasteiger partial charge in [0.25, 0.3) is 0 Å². The molecular formula is C13H16Cl2N2O3. The van der Waals surface area contributed by atoms with Crippen LogP contribution in [0.5, 0.6) is 0 Å². The molecule has 0 aliphatic heterocycles. The highest BCUT2D eigenvalue weighted by Gasteiger charge is 2.24. The predicted octanol–water partition coefficient (Wildman–Crippen LogP) is 3.53. The first kappa shape index (κ1) is 16.6. The minimum absolute atomic E-state index is 0.248. The Hall–Kier alpha value is -1.46. The van der Waals surface area contributed by atoms with E-state index in [-0.39, 0.29) is 16.6 Å². The lowest BCUT2D eigenvalue weighted by Crippen LogP contribution is -2.46. The first-order chi connectivity index (χ1) is 9.23. The van der Waals surface area contributed by atoms with Crippen LogP contribution in [-0.2, 0) is 4.79 Å². The molecule has 1 rings (SSSR count). The van der Waals surface area contributed by atoms with Gasteiger partial charge in [-0.25, -0.2) is 9.59 Å². The molecule has 20 heavy (non-hydrogen) atoms. The number of carbonyl (C=O) groups is 2. The monoisotopic (exact) mass is 318 g/mol. The molecule has 110 valence electrons. The van der Waals surface area contributed by atoms with Crippen molar-refractivity contribution in [3.8, 4) is 0 Å². The summed E-state index contributed by atoms with van der Waals surface area (Å²) in [7, 11) is 0. The summed E-state index contributed by atoms with van der Waals surface area (Å²) < 4.78 is 0. The van der Waals surface area contributed by atoms with E-state index in [0.717, 1.165) is 5.56 Å². The van der Waals surface area contributed by atoms with Gasteiger partial charge in [0.15, 0.2) is 0 Å². The molecule has 2 amide bonds. The van der Waals surface area contributed by atoms with Crippen molar-refractivity contribution < 1.29 is 14.7 Å². The highest BCUT2D eigenvalue weighted by Crippen LogP contribution is 2.32. The summed E-state index contributed by atoms with van der Waals surface area (Å²) in [5, 5.41) is 14.5. The van der Waals surface area contributed by atoms with Gasteiger partial charge in [0.2, 0.25) is 0 Å². The molecule has 0 radical (unpaired) electrons. The maximum Gasteiger partial charge on any atom is 0.326 e. The Kier molecular flexibility index (Phi) is 5.65. The van der Waals surface area contributed by atoms with E-state index in [4.69, 9.17) is 28.3 Å². The van der Waals surface area contributed by atoms with Crippen LogP contribution in [0, 0.1) is 12.8 Å². The summed E-state index contributed by atoms with van der Waals surface area (Å²) in [6.45, 7) is 5.17. The van der Waals surface area contributed by atoms with Crippen molar-refractivity contribution in [3.63, 3.8) is 0 Å². The Bertz CT molecular complexity index is 533. The number of aryl methyl sites for hydroxylation is 1. The van der Waals surface area contributed by atoms with Crippen LogP contribution in [0.25, 0.3) is 0 Å². The van der Waals surface area contributed by atoms with E-state index in [1.807, 2.05) is 0 Å². The van der Waals surface area contributed by atoms with Crippen LogP contribution in [0.2, 0.25) is 10.0 Å². The number of amides is 2. The van der Waals surface area contributed by atoms with Crippen LogP contribution in [0.3, 0.4) is 0 Å². The van der Waals surface area contributed by atoms with E-state index >= 15 is 0 Å². The molecule has 1 aromatic rings. The zero-order chi connectivity index (χ0) is 15.4. The summed E-state index contributed by atoms with van der Waals surface area (Å²) in [4.78, 5) is 22.9. The van der Waals surface area contributed by atoms with Crippen molar-refractivity contribution in [2.75, 3.05) is 5.32 Å². The molecular weight excluding hydrogens is 303 g/mol. The third-order valence-electron chi connectivity index (χ3n) is 2.74. The number of aliphatic carboxylic acids is 1. The minimum Gasteiger partial charge on any atom is -0.480 e. The molecule has 0 aromatic heterocycles. The number of carbonyl (C=O) groups excluding carboxylic acids is 1. The molecule has 1 atom stereocenters. The normalized spacial score (nSPS) is 12.1. The van der Waals surface area contributed by atoms with Gasteiger partial charge in [-0.2, -0.15) is 0 Å². The number of nitrogens with one attached hydrogen (secondary N) is 2. The van der Waals surface area contributed by atoms with E-state index in [0.29, 0.717) is 5.02 Å². The molecule has 0 aliphatic carbocycles. The van der Waals surface area contributed by atoms with Crippen molar-refractivity contribution in [2.24, 2.45) is 5.92 Å². The lowest BCUT2D eigenvalue weighted by molar-refractivity contribution is -0.140. The number of halogens is 2. The fourth-order valence-electron chi connectivity index (χ4n) is 1.58. The zero-order valence-corrected chi connectivity index (χ0v) is 12.8. The van der Waals surface area contributed by atoms with Gasteiger partial charge in [0, 0.05) is 0 Å². The number of anilines is 1. The van der Waals surface area contributed by atoms with Crippen LogP contribution in [-0.4, -0.2) is 23.1 Å². The van der Waals surface area contributed by atoms with Gasteiger partial charge < -0.3 is 15.7 Å². The van der Waals surface area contributed by atoms with Gasteiger partial charge >= 0.3 is 12.0 Å². The number of benzene rings is 1. The minimum atomic E-state index is -1.10. The molecule has 0 spiro atoms. The van der Waals surface area contributed by atoms with Gasteiger partial charge in [-0.1, -0.05) is 43.1 Å². The number of urea groups is 1. The van der Waals surface area contributed by atoms with Crippen molar-refractivity contribution in [2.45, 2.75) is 26.8 Å². The van der Waals surface area contributed by atoms with Crippen LogP contribution in [0.4, 0.5) is 10.5 Å². The lowest BCUT2D eigenvalue weighted by atomic mass is 10.1. The Morgan fingerprint density at radius 1 is 1.25 bits per heavy atom. The second-order valence-corrected chi connectivity index (χ2v) is 5.50. The molecule has 0 bridgehead atoms. The second kappa shape index (κ2) is 6.81. The molecule has 5 nitrogen and oxygen atoms in total. The highest BCUT2D eigenvalue weighted by molar-refractivity contribution is 6.40. The maximum absolute atomic E-state index is 11.8. The Labute approximate surface area is 127 Å². The number of hydrogen-bond acceptors (Lipinski definition) is 2. The van der Waals surface area contributed by atoms with E-state index in [1.165, 1.54) is 0 Å². The van der Waals surface area contributed by atoms with Crippen LogP contribution in [0.15, 0.2) is 12.1 Å². The van der Waals surface area contributed by atoms with E-state index in [9.17, 15) is 9.59 Å². The second-order valence-electron chi connectivity index (χ2n) is 4.71. The van der Waals surface area contributed by atoms with E-state index < -0.39 is 18.0 Å². The van der Waals surface area contributed by atoms with Gasteiger partial charge in [-0.15, -0.1) is 0 Å². The van der Waals surface area contributed by atoms with Gasteiger partial charge in [0.1, 0.15) is 6.04 Å². The third-order valence-corrected chi connectivity index (χ3v) is 3.54. The molecule has 0 fully saturated rings. The lowest BCUT2D eigenvalue weighted by Gasteiger charge is -2.19. The molecule has 7 heteroatoms. The van der Waals surface area contributed by atoms with Gasteiger partial charge in [0.05, 0.1) is 15.7 Å². The van der Waals surface area contributed by atoms with Crippen molar-refractivity contribution in [1.29, 1.82) is 0 Å². The third kappa shape index (κ3) is 4.02. The maximum atomic E-state index is 11.8. The topological polar surface area (TPSA) is 78.4 Å². The van der Waals surface area contributed by atoms with Crippen molar-refractivity contribution >= 4 is 40.9 Å². The summed E-state index contributed by atoms with van der Waals surface area (Å²) in [6.07, 6.45) is 0. The van der Waals surface area contributed by atoms with Gasteiger partial charge in [-0.3, -0.25) is 0 Å². The van der Waals surface area contributed by atoms with Crippen LogP contribution >= 0.6 is 23.2 Å². The SMILES string of the molecule is Cc1ccc(Cl)c(NC(=O)N[C@H](C(=O)O)C(C)C)c1Cl. The molecule has 1 aromatic carbocycles. The summed E-state index contributed by atoms with van der Waals surface area (Å²) >= 11 is 12.0. The molecule has 0 unspecified atom stereocenters.